The lowest BCUT2D eigenvalue weighted by molar-refractivity contribution is 0.788. The summed E-state index contributed by atoms with van der Waals surface area (Å²) in [5, 5.41) is 6.64. The predicted octanol–water partition coefficient (Wildman–Crippen LogP) is 3.45. The molecule has 0 bridgehead atoms. The van der Waals surface area contributed by atoms with Gasteiger partial charge in [0.2, 0.25) is 0 Å². The third-order valence-corrected chi connectivity index (χ3v) is 3.95. The largest absolute Gasteiger partial charge is 0.357 e. The van der Waals surface area contributed by atoms with Crippen LogP contribution in [0.5, 0.6) is 0 Å². The zero-order valence-corrected chi connectivity index (χ0v) is 15.2. The maximum Gasteiger partial charge on any atom is 0.191 e. The van der Waals surface area contributed by atoms with Gasteiger partial charge in [0, 0.05) is 35.9 Å². The van der Waals surface area contributed by atoms with E-state index in [9.17, 15) is 0 Å². The molecule has 5 heteroatoms. The molecule has 0 saturated carbocycles. The monoisotopic (exact) mass is 374 g/mol. The Labute approximate surface area is 146 Å². The number of pyridine rings is 1. The number of nitrogens with one attached hydrogen (secondary N) is 2. The first-order valence-corrected chi connectivity index (χ1v) is 8.65. The summed E-state index contributed by atoms with van der Waals surface area (Å²) in [5.74, 6) is 0.839. The molecule has 122 valence electrons. The van der Waals surface area contributed by atoms with Crippen molar-refractivity contribution in [1.82, 2.24) is 15.6 Å². The molecule has 0 unspecified atom stereocenters. The van der Waals surface area contributed by atoms with Crippen molar-refractivity contribution >= 4 is 21.9 Å². The zero-order chi connectivity index (χ0) is 16.5. The van der Waals surface area contributed by atoms with Crippen molar-refractivity contribution in [3.63, 3.8) is 0 Å². The summed E-state index contributed by atoms with van der Waals surface area (Å²) in [6.45, 7) is 6.49. The summed E-state index contributed by atoms with van der Waals surface area (Å²) in [4.78, 5) is 8.99. The summed E-state index contributed by atoms with van der Waals surface area (Å²) in [6.07, 6.45) is 2.70. The van der Waals surface area contributed by atoms with Crippen LogP contribution in [0.2, 0.25) is 0 Å². The molecule has 0 aliphatic heterocycles. The lowest BCUT2D eigenvalue weighted by atomic mass is 10.1. The summed E-state index contributed by atoms with van der Waals surface area (Å²) < 4.78 is 1.10. The van der Waals surface area contributed by atoms with E-state index >= 15 is 0 Å². The van der Waals surface area contributed by atoms with Crippen molar-refractivity contribution in [1.29, 1.82) is 0 Å². The number of benzene rings is 1. The Morgan fingerprint density at radius 2 is 2.09 bits per heavy atom. The fourth-order valence-corrected chi connectivity index (χ4v) is 2.67. The second-order valence-electron chi connectivity index (χ2n) is 5.26. The number of rotatable bonds is 6. The normalized spacial score (nSPS) is 11.3. The van der Waals surface area contributed by atoms with Crippen molar-refractivity contribution in [2.45, 2.75) is 26.8 Å². The second kappa shape index (κ2) is 9.30. The van der Waals surface area contributed by atoms with Gasteiger partial charge in [-0.15, -0.1) is 0 Å². The molecule has 2 rings (SSSR count). The number of aliphatic imine (C=N–C) groups is 1. The Bertz CT molecular complexity index is 641. The highest BCUT2D eigenvalue weighted by Crippen LogP contribution is 2.16. The second-order valence-corrected chi connectivity index (χ2v) is 6.18. The van der Waals surface area contributed by atoms with Crippen LogP contribution in [-0.2, 0) is 13.0 Å². The Hall–Kier alpha value is -1.88. The smallest absolute Gasteiger partial charge is 0.191 e. The molecular formula is C18H23BrN4. The highest BCUT2D eigenvalue weighted by Gasteiger charge is 2.01. The van der Waals surface area contributed by atoms with Gasteiger partial charge in [0.25, 0.3) is 0 Å². The van der Waals surface area contributed by atoms with E-state index in [0.717, 1.165) is 35.6 Å². The summed E-state index contributed by atoms with van der Waals surface area (Å²) in [6, 6.07) is 12.3. The molecule has 2 N–H and O–H groups in total. The average Bonchev–Trinajstić information content (AvgIpc) is 2.55. The highest BCUT2D eigenvalue weighted by molar-refractivity contribution is 9.10. The number of halogens is 1. The van der Waals surface area contributed by atoms with E-state index in [1.807, 2.05) is 24.4 Å². The van der Waals surface area contributed by atoms with E-state index in [1.54, 1.807) is 0 Å². The molecule has 0 atom stereocenters. The Morgan fingerprint density at radius 3 is 2.78 bits per heavy atom. The number of guanidine groups is 1. The number of hydrogen-bond acceptors (Lipinski definition) is 2. The van der Waals surface area contributed by atoms with Gasteiger partial charge in [-0.1, -0.05) is 28.1 Å². The van der Waals surface area contributed by atoms with Crippen LogP contribution in [0.3, 0.4) is 0 Å². The number of hydrogen-bond donors (Lipinski definition) is 2. The average molecular weight is 375 g/mol. The maximum absolute atomic E-state index is 4.66. The minimum atomic E-state index is 0.665. The molecule has 0 spiro atoms. The van der Waals surface area contributed by atoms with Crippen LogP contribution in [0.1, 0.15) is 23.7 Å². The van der Waals surface area contributed by atoms with Crippen LogP contribution in [-0.4, -0.2) is 24.0 Å². The van der Waals surface area contributed by atoms with Gasteiger partial charge in [0.15, 0.2) is 5.96 Å². The molecular weight excluding hydrogens is 352 g/mol. The lowest BCUT2D eigenvalue weighted by Crippen LogP contribution is -2.38. The molecule has 4 nitrogen and oxygen atoms in total. The van der Waals surface area contributed by atoms with Crippen LogP contribution in [0, 0.1) is 6.92 Å². The first-order valence-electron chi connectivity index (χ1n) is 7.86. The summed E-state index contributed by atoms with van der Waals surface area (Å²) in [7, 11) is 0. The summed E-state index contributed by atoms with van der Waals surface area (Å²) >= 11 is 3.49. The SMILES string of the molecule is CCNC(=NCc1ccc(Br)cc1C)NCCc1ccccn1. The van der Waals surface area contributed by atoms with Gasteiger partial charge in [-0.3, -0.25) is 4.98 Å². The van der Waals surface area contributed by atoms with Crippen LogP contribution in [0.4, 0.5) is 0 Å². The highest BCUT2D eigenvalue weighted by atomic mass is 79.9. The Kier molecular flexibility index (Phi) is 7.07. The molecule has 2 aromatic rings. The molecule has 0 radical (unpaired) electrons. The molecule has 0 amide bonds. The zero-order valence-electron chi connectivity index (χ0n) is 13.6. The predicted molar refractivity (Wildman–Crippen MR) is 99.6 cm³/mol. The number of aryl methyl sites for hydroxylation is 1. The topological polar surface area (TPSA) is 49.3 Å². The first-order chi connectivity index (χ1) is 11.2. The molecule has 0 saturated heterocycles. The quantitative estimate of drug-likeness (QED) is 0.601. The molecule has 0 fully saturated rings. The molecule has 1 heterocycles. The van der Waals surface area contributed by atoms with Gasteiger partial charge in [0.05, 0.1) is 6.54 Å². The first kappa shape index (κ1) is 17.5. The Morgan fingerprint density at radius 1 is 1.22 bits per heavy atom. The standard InChI is InChI=1S/C18H23BrN4/c1-3-20-18(22-11-9-17-6-4-5-10-21-17)23-13-15-7-8-16(19)12-14(15)2/h4-8,10,12H,3,9,11,13H2,1-2H3,(H2,20,22,23). The lowest BCUT2D eigenvalue weighted by Gasteiger charge is -2.11. The minimum Gasteiger partial charge on any atom is -0.357 e. The van der Waals surface area contributed by atoms with Gasteiger partial charge >= 0.3 is 0 Å². The molecule has 1 aromatic carbocycles. The molecule has 1 aromatic heterocycles. The van der Waals surface area contributed by atoms with Gasteiger partial charge < -0.3 is 10.6 Å². The number of aromatic nitrogens is 1. The van der Waals surface area contributed by atoms with Crippen molar-refractivity contribution < 1.29 is 0 Å². The van der Waals surface area contributed by atoms with E-state index < -0.39 is 0 Å². The van der Waals surface area contributed by atoms with Gasteiger partial charge in [-0.2, -0.15) is 0 Å². The van der Waals surface area contributed by atoms with Crippen molar-refractivity contribution in [2.24, 2.45) is 4.99 Å². The van der Waals surface area contributed by atoms with E-state index in [0.29, 0.717) is 6.54 Å². The van der Waals surface area contributed by atoms with E-state index in [-0.39, 0.29) is 0 Å². The third-order valence-electron chi connectivity index (χ3n) is 3.46. The molecule has 0 aliphatic carbocycles. The van der Waals surface area contributed by atoms with Crippen LogP contribution >= 0.6 is 15.9 Å². The van der Waals surface area contributed by atoms with Crippen LogP contribution in [0.25, 0.3) is 0 Å². The van der Waals surface area contributed by atoms with Crippen molar-refractivity contribution in [3.05, 3.63) is 63.9 Å². The molecule has 23 heavy (non-hydrogen) atoms. The van der Waals surface area contributed by atoms with Gasteiger partial charge in [-0.05, 0) is 49.2 Å². The number of nitrogens with zero attached hydrogens (tertiary/aromatic N) is 2. The van der Waals surface area contributed by atoms with E-state index in [2.05, 4.69) is 68.6 Å². The fourth-order valence-electron chi connectivity index (χ4n) is 2.20. The Balaban J connectivity index is 1.91. The summed E-state index contributed by atoms with van der Waals surface area (Å²) in [5.41, 5.74) is 3.56. The van der Waals surface area contributed by atoms with Gasteiger partial charge in [0.1, 0.15) is 0 Å². The molecule has 0 aliphatic rings. The maximum atomic E-state index is 4.66. The fraction of sp³-hybridized carbons (Fsp3) is 0.333. The van der Waals surface area contributed by atoms with E-state index in [4.69, 9.17) is 0 Å². The van der Waals surface area contributed by atoms with Crippen LogP contribution < -0.4 is 10.6 Å². The van der Waals surface area contributed by atoms with Gasteiger partial charge in [-0.25, -0.2) is 4.99 Å². The van der Waals surface area contributed by atoms with Crippen molar-refractivity contribution in [3.8, 4) is 0 Å². The van der Waals surface area contributed by atoms with Crippen LogP contribution in [0.15, 0.2) is 52.1 Å². The van der Waals surface area contributed by atoms with Crippen molar-refractivity contribution in [2.75, 3.05) is 13.1 Å². The minimum absolute atomic E-state index is 0.665. The third kappa shape index (κ3) is 6.02. The van der Waals surface area contributed by atoms with E-state index in [1.165, 1.54) is 11.1 Å².